The molecular formula is C25H31N3O2. The number of hydrogen-bond donors (Lipinski definition) is 0. The van der Waals surface area contributed by atoms with Gasteiger partial charge in [0.1, 0.15) is 0 Å². The third kappa shape index (κ3) is 3.27. The first kappa shape index (κ1) is 18.6. The molecule has 0 spiro atoms. The first-order chi connectivity index (χ1) is 14.7. The second kappa shape index (κ2) is 7.23. The molecule has 5 aliphatic rings. The van der Waals surface area contributed by atoms with Crippen molar-refractivity contribution in [2.45, 2.75) is 64.3 Å². The number of carbonyl (C=O) groups excluding carboxylic acids is 1. The third-order valence-corrected chi connectivity index (χ3v) is 8.07. The van der Waals surface area contributed by atoms with E-state index in [1.807, 2.05) is 18.2 Å². The van der Waals surface area contributed by atoms with Gasteiger partial charge in [-0.15, -0.1) is 0 Å². The average molecular weight is 406 g/mol. The molecule has 1 amide bonds. The molecule has 0 N–H and O–H groups in total. The average Bonchev–Trinajstić information content (AvgIpc) is 3.09. The van der Waals surface area contributed by atoms with E-state index in [0.717, 1.165) is 49.3 Å². The van der Waals surface area contributed by atoms with Crippen molar-refractivity contribution >= 4 is 5.91 Å². The monoisotopic (exact) mass is 405 g/mol. The summed E-state index contributed by atoms with van der Waals surface area (Å²) in [5.74, 6) is 2.76. The number of carbonyl (C=O) groups is 1. The zero-order chi connectivity index (χ0) is 20.1. The standard InChI is InChI=1S/C25H31N3O2/c29-24(25-11-18-8-19(12-25)10-20(9-18)13-25)28-14-22-5-3-7-27(22)15-23(16-28)30-17-21-4-1-2-6-26-21/h1-7,18-20,23H,8-17H2/t18?,19?,20?,23-,25?/m0/s1. The Morgan fingerprint density at radius 3 is 2.50 bits per heavy atom. The minimum atomic E-state index is -0.0952. The van der Waals surface area contributed by atoms with Crippen LogP contribution in [0.2, 0.25) is 0 Å². The zero-order valence-corrected chi connectivity index (χ0v) is 17.6. The van der Waals surface area contributed by atoms with Crippen molar-refractivity contribution in [2.24, 2.45) is 23.2 Å². The van der Waals surface area contributed by atoms with Gasteiger partial charge < -0.3 is 14.2 Å². The van der Waals surface area contributed by atoms with Gasteiger partial charge >= 0.3 is 0 Å². The van der Waals surface area contributed by atoms with Gasteiger partial charge in [-0.2, -0.15) is 0 Å². The lowest BCUT2D eigenvalue weighted by atomic mass is 9.49. The van der Waals surface area contributed by atoms with Gasteiger partial charge in [0.2, 0.25) is 5.91 Å². The molecule has 4 saturated carbocycles. The van der Waals surface area contributed by atoms with E-state index >= 15 is 0 Å². The lowest BCUT2D eigenvalue weighted by Crippen LogP contribution is -2.55. The van der Waals surface area contributed by atoms with E-state index in [2.05, 4.69) is 32.8 Å². The molecule has 4 aliphatic carbocycles. The zero-order valence-electron chi connectivity index (χ0n) is 17.6. The molecule has 3 heterocycles. The van der Waals surface area contributed by atoms with Crippen LogP contribution >= 0.6 is 0 Å². The number of amides is 1. The molecule has 30 heavy (non-hydrogen) atoms. The SMILES string of the molecule is O=C(N1Cc2cccn2C[C@H](OCc2ccccn2)C1)C12CC3CC(CC(C3)C1)C2. The number of pyridine rings is 1. The van der Waals surface area contributed by atoms with Crippen molar-refractivity contribution in [1.29, 1.82) is 0 Å². The Hall–Kier alpha value is -2.14. The van der Waals surface area contributed by atoms with Gasteiger partial charge in [0, 0.05) is 24.6 Å². The van der Waals surface area contributed by atoms with Crippen LogP contribution in [0.1, 0.15) is 49.9 Å². The first-order valence-corrected chi connectivity index (χ1v) is 11.6. The molecule has 2 aromatic heterocycles. The van der Waals surface area contributed by atoms with Crippen LogP contribution in [0.15, 0.2) is 42.7 Å². The van der Waals surface area contributed by atoms with Gasteiger partial charge in [-0.05, 0) is 80.5 Å². The summed E-state index contributed by atoms with van der Waals surface area (Å²) in [5, 5.41) is 0. The molecule has 7 rings (SSSR count). The topological polar surface area (TPSA) is 47.4 Å². The van der Waals surface area contributed by atoms with Crippen LogP contribution in [0.4, 0.5) is 0 Å². The van der Waals surface area contributed by atoms with Crippen molar-refractivity contribution in [3.63, 3.8) is 0 Å². The molecule has 0 aromatic carbocycles. The molecule has 1 atom stereocenters. The summed E-state index contributed by atoms with van der Waals surface area (Å²) in [5.41, 5.74) is 2.06. The number of rotatable bonds is 4. The highest BCUT2D eigenvalue weighted by molar-refractivity contribution is 5.83. The minimum absolute atomic E-state index is 0.0153. The van der Waals surface area contributed by atoms with Gasteiger partial charge in [0.25, 0.3) is 0 Å². The van der Waals surface area contributed by atoms with Crippen molar-refractivity contribution in [2.75, 3.05) is 6.54 Å². The molecule has 1 aliphatic heterocycles. The summed E-state index contributed by atoms with van der Waals surface area (Å²) >= 11 is 0. The van der Waals surface area contributed by atoms with Crippen LogP contribution in [0, 0.1) is 23.2 Å². The van der Waals surface area contributed by atoms with E-state index in [4.69, 9.17) is 4.74 Å². The summed E-state index contributed by atoms with van der Waals surface area (Å²) in [6.45, 7) is 2.66. The fourth-order valence-electron chi connectivity index (χ4n) is 7.21. The summed E-state index contributed by atoms with van der Waals surface area (Å²) in [4.78, 5) is 20.5. The van der Waals surface area contributed by atoms with Crippen molar-refractivity contribution < 1.29 is 9.53 Å². The third-order valence-electron chi connectivity index (χ3n) is 8.07. The molecule has 0 saturated heterocycles. The Morgan fingerprint density at radius 2 is 1.80 bits per heavy atom. The molecule has 0 unspecified atom stereocenters. The molecule has 158 valence electrons. The van der Waals surface area contributed by atoms with Crippen LogP contribution < -0.4 is 0 Å². The second-order valence-electron chi connectivity index (χ2n) is 10.3. The maximum Gasteiger partial charge on any atom is 0.229 e. The molecular weight excluding hydrogens is 374 g/mol. The fraction of sp³-hybridized carbons (Fsp3) is 0.600. The highest BCUT2D eigenvalue weighted by Gasteiger charge is 2.55. The molecule has 2 aromatic rings. The fourth-order valence-corrected chi connectivity index (χ4v) is 7.21. The normalized spacial score (nSPS) is 34.6. The summed E-state index contributed by atoms with van der Waals surface area (Å²) in [6.07, 6.45) is 11.4. The quantitative estimate of drug-likeness (QED) is 0.772. The van der Waals surface area contributed by atoms with E-state index < -0.39 is 0 Å². The van der Waals surface area contributed by atoms with Gasteiger partial charge in [0.15, 0.2) is 0 Å². The van der Waals surface area contributed by atoms with Crippen LogP contribution in [0.25, 0.3) is 0 Å². The van der Waals surface area contributed by atoms with Gasteiger partial charge in [-0.3, -0.25) is 9.78 Å². The molecule has 5 heteroatoms. The van der Waals surface area contributed by atoms with Crippen LogP contribution in [0.3, 0.4) is 0 Å². The highest BCUT2D eigenvalue weighted by atomic mass is 16.5. The largest absolute Gasteiger partial charge is 0.368 e. The summed E-state index contributed by atoms with van der Waals surface area (Å²) in [7, 11) is 0. The second-order valence-corrected chi connectivity index (χ2v) is 10.3. The van der Waals surface area contributed by atoms with E-state index in [1.165, 1.54) is 25.0 Å². The highest BCUT2D eigenvalue weighted by Crippen LogP contribution is 2.60. The first-order valence-electron chi connectivity index (χ1n) is 11.6. The van der Waals surface area contributed by atoms with E-state index in [9.17, 15) is 4.79 Å². The van der Waals surface area contributed by atoms with Crippen molar-refractivity contribution in [3.05, 3.63) is 54.1 Å². The number of fused-ring (bicyclic) bond motifs is 1. The predicted octanol–water partition coefficient (Wildman–Crippen LogP) is 4.03. The predicted molar refractivity (Wildman–Crippen MR) is 113 cm³/mol. The van der Waals surface area contributed by atoms with Gasteiger partial charge in [-0.25, -0.2) is 0 Å². The van der Waals surface area contributed by atoms with E-state index in [1.54, 1.807) is 6.20 Å². The van der Waals surface area contributed by atoms with Crippen molar-refractivity contribution in [1.82, 2.24) is 14.5 Å². The van der Waals surface area contributed by atoms with E-state index in [-0.39, 0.29) is 11.5 Å². The Balaban J connectivity index is 1.23. The van der Waals surface area contributed by atoms with E-state index in [0.29, 0.717) is 25.6 Å². The summed E-state index contributed by atoms with van der Waals surface area (Å²) in [6, 6.07) is 10.2. The van der Waals surface area contributed by atoms with Crippen molar-refractivity contribution in [3.8, 4) is 0 Å². The lowest BCUT2D eigenvalue weighted by Gasteiger charge is -2.56. The number of ether oxygens (including phenoxy) is 1. The van der Waals surface area contributed by atoms with Crippen LogP contribution in [0.5, 0.6) is 0 Å². The molecule has 4 fully saturated rings. The van der Waals surface area contributed by atoms with Gasteiger partial charge in [-0.1, -0.05) is 6.07 Å². The Morgan fingerprint density at radius 1 is 1.03 bits per heavy atom. The number of hydrogen-bond acceptors (Lipinski definition) is 3. The summed E-state index contributed by atoms with van der Waals surface area (Å²) < 4.78 is 8.56. The molecule has 0 radical (unpaired) electrons. The Bertz CT molecular complexity index is 886. The Labute approximate surface area is 178 Å². The molecule has 5 nitrogen and oxygen atoms in total. The number of aromatic nitrogens is 2. The lowest BCUT2D eigenvalue weighted by molar-refractivity contribution is -0.160. The maximum absolute atomic E-state index is 14.0. The molecule has 4 bridgehead atoms. The maximum atomic E-state index is 14.0. The van der Waals surface area contributed by atoms with Gasteiger partial charge in [0.05, 0.1) is 36.9 Å². The minimum Gasteiger partial charge on any atom is -0.368 e. The number of nitrogens with zero attached hydrogens (tertiary/aromatic N) is 3. The Kier molecular flexibility index (Phi) is 4.48. The van der Waals surface area contributed by atoms with Crippen LogP contribution in [-0.2, 0) is 29.2 Å². The smallest absolute Gasteiger partial charge is 0.229 e. The van der Waals surface area contributed by atoms with Crippen LogP contribution in [-0.4, -0.2) is 33.0 Å².